The summed E-state index contributed by atoms with van der Waals surface area (Å²) in [5.74, 6) is -0.140. The smallest absolute Gasteiger partial charge is 0.368 e. The average Bonchev–Trinajstić information content (AvgIpc) is 3.62. The van der Waals surface area contributed by atoms with Crippen LogP contribution in [-0.2, 0) is 12.7 Å². The zero-order valence-corrected chi connectivity index (χ0v) is 19.2. The number of amides is 1. The summed E-state index contributed by atoms with van der Waals surface area (Å²) in [4.78, 5) is 39.4. The molecule has 2 fully saturated rings. The molecule has 0 bridgehead atoms. The highest BCUT2D eigenvalue weighted by Gasteiger charge is 2.37. The predicted octanol–water partition coefficient (Wildman–Crippen LogP) is 2.86. The first-order valence-electron chi connectivity index (χ1n) is 11.5. The van der Waals surface area contributed by atoms with Crippen molar-refractivity contribution >= 4 is 22.6 Å². The third-order valence-corrected chi connectivity index (χ3v) is 6.47. The Morgan fingerprint density at radius 3 is 2.51 bits per heavy atom. The molecule has 35 heavy (non-hydrogen) atoms. The number of fused-ring (bicyclic) bond motifs is 1. The van der Waals surface area contributed by atoms with Crippen molar-refractivity contribution < 1.29 is 18.0 Å². The van der Waals surface area contributed by atoms with Crippen LogP contribution in [0.3, 0.4) is 0 Å². The molecule has 1 aliphatic carbocycles. The number of rotatable bonds is 5. The van der Waals surface area contributed by atoms with Crippen molar-refractivity contribution in [3.05, 3.63) is 63.3 Å². The van der Waals surface area contributed by atoms with Gasteiger partial charge < -0.3 is 15.2 Å². The SMILES string of the molecule is Cc1c(C(F)(F)F)c(=O)[nH]c2cc(CN3CCN(c4ccc(C(=O)NC5CC5)nc4)CC3)cnc12. The number of nitrogens with one attached hydrogen (secondary N) is 2. The lowest BCUT2D eigenvalue weighted by Gasteiger charge is -2.36. The number of H-pyrrole nitrogens is 1. The molecule has 0 spiro atoms. The maximum Gasteiger partial charge on any atom is 0.422 e. The Labute approximate surface area is 199 Å². The number of anilines is 1. The van der Waals surface area contributed by atoms with Crippen LogP contribution < -0.4 is 15.8 Å². The fraction of sp³-hybridized carbons (Fsp3) is 0.417. The molecule has 4 heterocycles. The Bertz CT molecular complexity index is 1310. The number of alkyl halides is 3. The molecule has 184 valence electrons. The van der Waals surface area contributed by atoms with Crippen LogP contribution in [0, 0.1) is 6.92 Å². The van der Waals surface area contributed by atoms with E-state index in [0.717, 1.165) is 50.3 Å². The summed E-state index contributed by atoms with van der Waals surface area (Å²) in [5, 5.41) is 2.93. The number of carbonyl (C=O) groups excluding carboxylic acids is 1. The molecule has 1 aliphatic heterocycles. The van der Waals surface area contributed by atoms with E-state index in [4.69, 9.17) is 0 Å². The predicted molar refractivity (Wildman–Crippen MR) is 124 cm³/mol. The number of halogens is 3. The van der Waals surface area contributed by atoms with Crippen molar-refractivity contribution in [2.45, 2.75) is 38.5 Å². The summed E-state index contributed by atoms with van der Waals surface area (Å²) in [6, 6.07) is 5.63. The minimum absolute atomic E-state index is 0.140. The first-order chi connectivity index (χ1) is 16.7. The lowest BCUT2D eigenvalue weighted by molar-refractivity contribution is -0.139. The van der Waals surface area contributed by atoms with Crippen molar-refractivity contribution in [2.24, 2.45) is 0 Å². The van der Waals surface area contributed by atoms with Crippen LogP contribution in [0.5, 0.6) is 0 Å². The van der Waals surface area contributed by atoms with Crippen molar-refractivity contribution in [1.82, 2.24) is 25.2 Å². The van der Waals surface area contributed by atoms with Crippen molar-refractivity contribution in [3.63, 3.8) is 0 Å². The second kappa shape index (κ2) is 8.95. The Kier molecular flexibility index (Phi) is 5.96. The van der Waals surface area contributed by atoms with E-state index >= 15 is 0 Å². The van der Waals surface area contributed by atoms with Crippen LogP contribution in [0.15, 0.2) is 35.4 Å². The summed E-state index contributed by atoms with van der Waals surface area (Å²) in [6.07, 6.45) is 0.610. The Morgan fingerprint density at radius 1 is 1.14 bits per heavy atom. The molecule has 3 aromatic rings. The topological polar surface area (TPSA) is 94.2 Å². The fourth-order valence-corrected chi connectivity index (χ4v) is 4.42. The van der Waals surface area contributed by atoms with Gasteiger partial charge in [0.05, 0.1) is 22.9 Å². The molecular formula is C24H25F3N6O2. The molecule has 1 saturated carbocycles. The van der Waals surface area contributed by atoms with Crippen molar-refractivity contribution in [3.8, 4) is 0 Å². The zero-order chi connectivity index (χ0) is 24.7. The monoisotopic (exact) mass is 486 g/mol. The van der Waals surface area contributed by atoms with Crippen LogP contribution in [-0.4, -0.2) is 58.0 Å². The van der Waals surface area contributed by atoms with Crippen LogP contribution in [0.4, 0.5) is 18.9 Å². The number of carbonyl (C=O) groups is 1. The van der Waals surface area contributed by atoms with E-state index in [-0.39, 0.29) is 23.0 Å². The van der Waals surface area contributed by atoms with E-state index in [0.29, 0.717) is 17.8 Å². The third kappa shape index (κ3) is 5.00. The first kappa shape index (κ1) is 23.3. The maximum absolute atomic E-state index is 13.2. The van der Waals surface area contributed by atoms with Gasteiger partial charge in [0.1, 0.15) is 11.3 Å². The number of aromatic nitrogens is 3. The van der Waals surface area contributed by atoms with Crippen LogP contribution in [0.25, 0.3) is 11.0 Å². The summed E-state index contributed by atoms with van der Waals surface area (Å²) >= 11 is 0. The van der Waals surface area contributed by atoms with E-state index in [1.807, 2.05) is 6.07 Å². The zero-order valence-electron chi connectivity index (χ0n) is 19.2. The lowest BCUT2D eigenvalue weighted by Crippen LogP contribution is -2.46. The highest BCUT2D eigenvalue weighted by Crippen LogP contribution is 2.31. The molecule has 0 aromatic carbocycles. The molecule has 2 N–H and O–H groups in total. The summed E-state index contributed by atoms with van der Waals surface area (Å²) in [7, 11) is 0. The maximum atomic E-state index is 13.2. The average molecular weight is 486 g/mol. The minimum atomic E-state index is -4.73. The van der Waals surface area contributed by atoms with Gasteiger partial charge in [0.2, 0.25) is 0 Å². The van der Waals surface area contributed by atoms with Crippen LogP contribution in [0.1, 0.15) is 40.0 Å². The molecule has 0 atom stereocenters. The van der Waals surface area contributed by atoms with Gasteiger partial charge in [-0.1, -0.05) is 0 Å². The molecule has 5 rings (SSSR count). The van der Waals surface area contributed by atoms with Gasteiger partial charge in [-0.15, -0.1) is 0 Å². The molecule has 0 radical (unpaired) electrons. The second-order valence-corrected chi connectivity index (χ2v) is 9.10. The molecule has 2 aliphatic rings. The largest absolute Gasteiger partial charge is 0.422 e. The molecular weight excluding hydrogens is 461 g/mol. The normalized spacial score (nSPS) is 17.1. The summed E-state index contributed by atoms with van der Waals surface area (Å²) < 4.78 is 39.6. The Balaban J connectivity index is 1.22. The van der Waals surface area contributed by atoms with Gasteiger partial charge in [0.25, 0.3) is 11.5 Å². The minimum Gasteiger partial charge on any atom is -0.368 e. The lowest BCUT2D eigenvalue weighted by atomic mass is 10.1. The van der Waals surface area contributed by atoms with Gasteiger partial charge in [-0.3, -0.25) is 19.5 Å². The summed E-state index contributed by atoms with van der Waals surface area (Å²) in [6.45, 7) is 4.90. The Morgan fingerprint density at radius 2 is 1.89 bits per heavy atom. The van der Waals surface area contributed by atoms with Crippen LogP contribution >= 0.6 is 0 Å². The first-order valence-corrected chi connectivity index (χ1v) is 11.5. The highest BCUT2D eigenvalue weighted by molar-refractivity contribution is 5.92. The quantitative estimate of drug-likeness (QED) is 0.576. The molecule has 8 nitrogen and oxygen atoms in total. The van der Waals surface area contributed by atoms with Gasteiger partial charge in [0.15, 0.2) is 0 Å². The molecule has 3 aromatic heterocycles. The molecule has 1 saturated heterocycles. The fourth-order valence-electron chi connectivity index (χ4n) is 4.42. The number of pyridine rings is 3. The highest BCUT2D eigenvalue weighted by atomic mass is 19.4. The van der Waals surface area contributed by atoms with Crippen LogP contribution in [0.2, 0.25) is 0 Å². The van der Waals surface area contributed by atoms with E-state index in [1.165, 1.54) is 6.92 Å². The number of aromatic amines is 1. The number of nitrogens with zero attached hydrogens (tertiary/aromatic N) is 4. The number of piperazine rings is 1. The Hall–Kier alpha value is -3.47. The number of hydrogen-bond acceptors (Lipinski definition) is 6. The van der Waals surface area contributed by atoms with Gasteiger partial charge >= 0.3 is 6.18 Å². The van der Waals surface area contributed by atoms with E-state index in [9.17, 15) is 22.8 Å². The van der Waals surface area contributed by atoms with Crippen molar-refractivity contribution in [2.75, 3.05) is 31.1 Å². The molecule has 0 unspecified atom stereocenters. The van der Waals surface area contributed by atoms with E-state index in [2.05, 4.69) is 30.1 Å². The summed E-state index contributed by atoms with van der Waals surface area (Å²) in [5.41, 5.74) is 0.106. The van der Waals surface area contributed by atoms with Gasteiger partial charge in [-0.2, -0.15) is 13.2 Å². The third-order valence-electron chi connectivity index (χ3n) is 6.47. The number of hydrogen-bond donors (Lipinski definition) is 2. The molecule has 1 amide bonds. The van der Waals surface area contributed by atoms with E-state index < -0.39 is 17.3 Å². The van der Waals surface area contributed by atoms with Crippen molar-refractivity contribution in [1.29, 1.82) is 0 Å². The van der Waals surface area contributed by atoms with Gasteiger partial charge in [-0.25, -0.2) is 4.98 Å². The molecule has 11 heteroatoms. The standard InChI is InChI=1S/C24H25F3N6O2/c1-14-20(24(25,26)27)23(35)31-19-10-15(11-29-21(14)19)13-32-6-8-33(9-7-32)17-4-5-18(28-12-17)22(34)30-16-2-3-16/h4-5,10-12,16H,2-3,6-9,13H2,1H3,(H,30,34)(H,31,35). The number of aryl methyl sites for hydroxylation is 1. The second-order valence-electron chi connectivity index (χ2n) is 9.10. The van der Waals surface area contributed by atoms with E-state index in [1.54, 1.807) is 24.5 Å². The van der Waals surface area contributed by atoms with Gasteiger partial charge in [0, 0.05) is 45.0 Å². The van der Waals surface area contributed by atoms with Gasteiger partial charge in [-0.05, 0) is 49.1 Å².